The first-order chi connectivity index (χ1) is 24.0. The number of Topliss-reactive ketones (excluding diaryl/α,β-unsaturated/α-hetero) is 3. The largest absolute Gasteiger partial charge is 0.508 e. The molecule has 6 rings (SSSR count). The van der Waals surface area contributed by atoms with Gasteiger partial charge in [-0.25, -0.2) is 0 Å². The van der Waals surface area contributed by atoms with Crippen LogP contribution >= 0.6 is 0 Å². The van der Waals surface area contributed by atoms with E-state index in [1.54, 1.807) is 39.8 Å². The van der Waals surface area contributed by atoms with Gasteiger partial charge < -0.3 is 30.4 Å². The molecule has 3 aromatic rings. The maximum atomic E-state index is 14.7. The Morgan fingerprint density at radius 1 is 0.863 bits per heavy atom. The summed E-state index contributed by atoms with van der Waals surface area (Å²) in [4.78, 5) is 45.5. The van der Waals surface area contributed by atoms with Crippen molar-refractivity contribution in [2.75, 3.05) is 19.0 Å². The number of rotatable bonds is 8. The van der Waals surface area contributed by atoms with Crippen molar-refractivity contribution < 1.29 is 39.9 Å². The second-order valence-electron chi connectivity index (χ2n) is 15.6. The number of phenolic OH excluding ortho intramolecular Hbond substituents is 1. The third-order valence-electron chi connectivity index (χ3n) is 10.6. The molecule has 3 aliphatic carbocycles. The third-order valence-corrected chi connectivity index (χ3v) is 10.6. The number of benzene rings is 3. The summed E-state index contributed by atoms with van der Waals surface area (Å²) in [5.74, 6) is -8.09. The SMILES string of the molecule is CC1c2ccc(N(Cc3ccccc3)Cc3ccccc3)c(O)c2C(O)=C2C(=O)C3(O)C(O)=C(C(=O)CC(C)(C)C)C(=O)C(N(C)C)C3C(O)C21. The number of hydrogen-bond donors (Lipinski definition) is 5. The molecule has 5 N–H and O–H groups in total. The Labute approximate surface area is 298 Å². The van der Waals surface area contributed by atoms with Crippen LogP contribution in [0.4, 0.5) is 5.69 Å². The van der Waals surface area contributed by atoms with Gasteiger partial charge in [0.05, 0.1) is 29.3 Å². The van der Waals surface area contributed by atoms with Crippen LogP contribution in [0, 0.1) is 17.3 Å². The summed E-state index contributed by atoms with van der Waals surface area (Å²) in [5, 5.41) is 60.0. The quantitative estimate of drug-likeness (QED) is 0.198. The normalized spacial score (nSPS) is 26.2. The van der Waals surface area contributed by atoms with Gasteiger partial charge in [-0.2, -0.15) is 0 Å². The molecule has 0 spiro atoms. The Morgan fingerprint density at radius 3 is 1.92 bits per heavy atom. The van der Waals surface area contributed by atoms with Crippen molar-refractivity contribution in [1.82, 2.24) is 4.90 Å². The number of carbonyl (C=O) groups is 3. The molecule has 0 bridgehead atoms. The van der Waals surface area contributed by atoms with Gasteiger partial charge in [-0.05, 0) is 48.2 Å². The van der Waals surface area contributed by atoms with Crippen LogP contribution in [0.3, 0.4) is 0 Å². The van der Waals surface area contributed by atoms with Crippen LogP contribution in [0.15, 0.2) is 89.7 Å². The van der Waals surface area contributed by atoms with E-state index in [9.17, 15) is 39.9 Å². The van der Waals surface area contributed by atoms with Gasteiger partial charge in [0, 0.05) is 31.0 Å². The molecule has 0 aromatic heterocycles. The summed E-state index contributed by atoms with van der Waals surface area (Å²) >= 11 is 0. The number of aliphatic hydroxyl groups is 4. The zero-order valence-electron chi connectivity index (χ0n) is 29.8. The average Bonchev–Trinajstić information content (AvgIpc) is 3.06. The molecule has 6 atom stereocenters. The van der Waals surface area contributed by atoms with Crippen LogP contribution < -0.4 is 4.90 Å². The van der Waals surface area contributed by atoms with Crippen molar-refractivity contribution in [1.29, 1.82) is 0 Å². The topological polar surface area (TPSA) is 159 Å². The van der Waals surface area contributed by atoms with Gasteiger partial charge in [0.15, 0.2) is 17.2 Å². The molecule has 1 fully saturated rings. The van der Waals surface area contributed by atoms with Crippen molar-refractivity contribution >= 4 is 28.8 Å². The highest BCUT2D eigenvalue weighted by molar-refractivity contribution is 6.25. The highest BCUT2D eigenvalue weighted by atomic mass is 16.4. The molecule has 3 aromatic carbocycles. The maximum Gasteiger partial charge on any atom is 0.202 e. The van der Waals surface area contributed by atoms with Crippen LogP contribution in [-0.4, -0.2) is 79.6 Å². The molecular formula is C41H46N2O8. The monoisotopic (exact) mass is 694 g/mol. The van der Waals surface area contributed by atoms with E-state index < -0.39 is 75.4 Å². The highest BCUT2D eigenvalue weighted by Gasteiger charge is 2.68. The first kappa shape index (κ1) is 36.0. The van der Waals surface area contributed by atoms with E-state index in [1.807, 2.05) is 65.6 Å². The van der Waals surface area contributed by atoms with Crippen molar-refractivity contribution in [3.63, 3.8) is 0 Å². The van der Waals surface area contributed by atoms with Gasteiger partial charge in [0.1, 0.15) is 22.8 Å². The van der Waals surface area contributed by atoms with Crippen LogP contribution in [0.1, 0.15) is 62.3 Å². The molecule has 0 radical (unpaired) electrons. The highest BCUT2D eigenvalue weighted by Crippen LogP contribution is 2.57. The first-order valence-corrected chi connectivity index (χ1v) is 17.2. The minimum atomic E-state index is -2.91. The predicted molar refractivity (Wildman–Crippen MR) is 193 cm³/mol. The molecule has 10 heteroatoms. The number of aromatic hydroxyl groups is 1. The second kappa shape index (κ2) is 13.1. The molecule has 1 saturated carbocycles. The lowest BCUT2D eigenvalue weighted by Crippen LogP contribution is -2.70. The van der Waals surface area contributed by atoms with E-state index in [2.05, 4.69) is 0 Å². The van der Waals surface area contributed by atoms with Gasteiger partial charge >= 0.3 is 0 Å². The van der Waals surface area contributed by atoms with Crippen molar-refractivity contribution in [2.24, 2.45) is 17.3 Å². The van der Waals surface area contributed by atoms with E-state index >= 15 is 0 Å². The number of hydrogen-bond acceptors (Lipinski definition) is 10. The summed E-state index contributed by atoms with van der Waals surface area (Å²) in [5.41, 5.74) is -1.81. The molecular weight excluding hydrogens is 648 g/mol. The van der Waals surface area contributed by atoms with Crippen LogP contribution in [-0.2, 0) is 27.5 Å². The van der Waals surface area contributed by atoms with Crippen molar-refractivity contribution in [3.8, 4) is 5.75 Å². The summed E-state index contributed by atoms with van der Waals surface area (Å²) in [6.45, 7) is 7.89. The Morgan fingerprint density at radius 2 is 1.41 bits per heavy atom. The molecule has 6 unspecified atom stereocenters. The van der Waals surface area contributed by atoms with Gasteiger partial charge in [-0.1, -0.05) is 94.4 Å². The zero-order valence-corrected chi connectivity index (χ0v) is 29.8. The fourth-order valence-corrected chi connectivity index (χ4v) is 8.30. The standard InChI is InChI=1S/C41H46N2O8/c1-22-25-17-18-26(43(20-23-13-9-7-10-14-23)21-24-15-11-8-12-16-24)34(45)29(25)35(46)31-28(22)36(47)32-33(42(5)6)37(48)30(27(44)19-40(2,3)4)38(49)41(32,51)39(31)50/h7-18,22,28,32-33,36,45-47,49,51H,19-21H2,1-6H3. The Balaban J connectivity index is 1.52. The van der Waals surface area contributed by atoms with E-state index in [4.69, 9.17) is 0 Å². The maximum absolute atomic E-state index is 14.7. The number of anilines is 1. The minimum Gasteiger partial charge on any atom is -0.508 e. The molecule has 3 aliphatic rings. The molecule has 51 heavy (non-hydrogen) atoms. The number of aliphatic hydroxyl groups excluding tert-OH is 3. The Kier molecular flexibility index (Phi) is 9.25. The molecule has 0 heterocycles. The van der Waals surface area contributed by atoms with E-state index in [0.29, 0.717) is 24.3 Å². The summed E-state index contributed by atoms with van der Waals surface area (Å²) < 4.78 is 0. The van der Waals surface area contributed by atoms with E-state index in [-0.39, 0.29) is 23.3 Å². The summed E-state index contributed by atoms with van der Waals surface area (Å²) in [7, 11) is 3.07. The van der Waals surface area contributed by atoms with Gasteiger partial charge in [0.25, 0.3) is 0 Å². The second-order valence-corrected chi connectivity index (χ2v) is 15.6. The smallest absolute Gasteiger partial charge is 0.202 e. The number of ketones is 3. The van der Waals surface area contributed by atoms with Crippen LogP contribution in [0.25, 0.3) is 5.76 Å². The molecule has 0 saturated heterocycles. The van der Waals surface area contributed by atoms with Gasteiger partial charge in [-0.3, -0.25) is 19.3 Å². The number of carbonyl (C=O) groups excluding carboxylic acids is 3. The van der Waals surface area contributed by atoms with Crippen molar-refractivity contribution in [2.45, 2.75) is 70.9 Å². The lowest BCUT2D eigenvalue weighted by atomic mass is 9.54. The van der Waals surface area contributed by atoms with Crippen LogP contribution in [0.5, 0.6) is 5.75 Å². The lowest BCUT2D eigenvalue weighted by Gasteiger charge is -2.54. The zero-order chi connectivity index (χ0) is 37.2. The Bertz CT molecular complexity index is 1900. The van der Waals surface area contributed by atoms with Crippen LogP contribution in [0.2, 0.25) is 0 Å². The van der Waals surface area contributed by atoms with Gasteiger partial charge in [0.2, 0.25) is 5.78 Å². The summed E-state index contributed by atoms with van der Waals surface area (Å²) in [6, 6.07) is 21.5. The summed E-state index contributed by atoms with van der Waals surface area (Å²) in [6.07, 6.45) is -1.78. The van der Waals surface area contributed by atoms with Crippen molar-refractivity contribution in [3.05, 3.63) is 112 Å². The fourth-order valence-electron chi connectivity index (χ4n) is 8.30. The van der Waals surface area contributed by atoms with E-state index in [1.165, 1.54) is 19.0 Å². The average molecular weight is 695 g/mol. The number of likely N-dealkylation sites (N-methyl/N-ethyl adjacent to an activating group) is 1. The predicted octanol–water partition coefficient (Wildman–Crippen LogP) is 5.22. The fraction of sp³-hybridized carbons (Fsp3) is 0.390. The molecule has 268 valence electrons. The third kappa shape index (κ3) is 5.95. The molecule has 10 nitrogen and oxygen atoms in total. The number of fused-ring (bicyclic) bond motifs is 3. The first-order valence-electron chi connectivity index (χ1n) is 17.2. The lowest BCUT2D eigenvalue weighted by molar-refractivity contribution is -0.169. The van der Waals surface area contributed by atoms with E-state index in [0.717, 1.165) is 11.1 Å². The number of nitrogens with zero attached hydrogens (tertiary/aromatic N) is 2. The van der Waals surface area contributed by atoms with Gasteiger partial charge in [-0.15, -0.1) is 0 Å². The molecule has 0 aliphatic heterocycles. The minimum absolute atomic E-state index is 0.0245. The molecule has 0 amide bonds. The Hall–Kier alpha value is -4.77. The number of phenols is 1.